The van der Waals surface area contributed by atoms with Gasteiger partial charge in [-0.1, -0.05) is 13.3 Å². The first kappa shape index (κ1) is 6.66. The van der Waals surface area contributed by atoms with Crippen LogP contribution in [0.5, 0.6) is 0 Å². The van der Waals surface area contributed by atoms with Gasteiger partial charge in [-0.05, 0) is 24.8 Å². The molecule has 0 saturated carbocycles. The standard InChI is InChI=1S/C8H14O/c1-2-7-4-3-5-8(9)6-7/h5,7,9H,2-4,6H2,1H3. The van der Waals surface area contributed by atoms with E-state index in [1.54, 1.807) is 0 Å². The highest BCUT2D eigenvalue weighted by Gasteiger charge is 2.11. The molecule has 0 radical (unpaired) electrons. The topological polar surface area (TPSA) is 20.2 Å². The number of aliphatic hydroxyl groups excluding tert-OH is 1. The van der Waals surface area contributed by atoms with Crippen molar-refractivity contribution in [3.05, 3.63) is 11.8 Å². The summed E-state index contributed by atoms with van der Waals surface area (Å²) in [5.74, 6) is 1.35. The molecule has 0 fully saturated rings. The zero-order valence-electron chi connectivity index (χ0n) is 5.93. The van der Waals surface area contributed by atoms with Crippen LogP contribution in [-0.4, -0.2) is 5.11 Å². The Labute approximate surface area is 56.4 Å². The molecule has 1 aliphatic rings. The molecule has 1 atom stereocenters. The van der Waals surface area contributed by atoms with Crippen LogP contribution < -0.4 is 0 Å². The number of allylic oxidation sites excluding steroid dienone is 2. The molecular formula is C8H14O. The van der Waals surface area contributed by atoms with Crippen LogP contribution in [0.2, 0.25) is 0 Å². The van der Waals surface area contributed by atoms with Crippen LogP contribution in [0.15, 0.2) is 11.8 Å². The Kier molecular flexibility index (Phi) is 2.15. The van der Waals surface area contributed by atoms with Crippen molar-refractivity contribution in [3.8, 4) is 0 Å². The van der Waals surface area contributed by atoms with Crippen LogP contribution in [0.1, 0.15) is 32.6 Å². The SMILES string of the molecule is CCC1CCC=C(O)C1. The van der Waals surface area contributed by atoms with E-state index in [4.69, 9.17) is 5.11 Å². The van der Waals surface area contributed by atoms with Gasteiger partial charge in [0.1, 0.15) is 0 Å². The van der Waals surface area contributed by atoms with Crippen LogP contribution in [0.3, 0.4) is 0 Å². The van der Waals surface area contributed by atoms with Gasteiger partial charge in [0.15, 0.2) is 0 Å². The van der Waals surface area contributed by atoms with Crippen molar-refractivity contribution in [2.75, 3.05) is 0 Å². The van der Waals surface area contributed by atoms with Gasteiger partial charge in [0.2, 0.25) is 0 Å². The molecule has 52 valence electrons. The van der Waals surface area contributed by atoms with Crippen molar-refractivity contribution in [1.82, 2.24) is 0 Å². The Balaban J connectivity index is 2.39. The first-order chi connectivity index (χ1) is 4.33. The van der Waals surface area contributed by atoms with Crippen molar-refractivity contribution in [2.24, 2.45) is 5.92 Å². The maximum absolute atomic E-state index is 9.07. The van der Waals surface area contributed by atoms with Gasteiger partial charge < -0.3 is 5.11 Å². The second-order valence-corrected chi connectivity index (χ2v) is 2.75. The Morgan fingerprint density at radius 1 is 1.78 bits per heavy atom. The summed E-state index contributed by atoms with van der Waals surface area (Å²) < 4.78 is 0. The number of hydrogen-bond acceptors (Lipinski definition) is 1. The third kappa shape index (κ3) is 1.74. The molecule has 0 aromatic rings. The molecule has 0 bridgehead atoms. The first-order valence-electron chi connectivity index (χ1n) is 3.71. The molecule has 0 heterocycles. The third-order valence-corrected chi connectivity index (χ3v) is 2.03. The summed E-state index contributed by atoms with van der Waals surface area (Å²) in [4.78, 5) is 0. The van der Waals surface area contributed by atoms with E-state index in [1.807, 2.05) is 6.08 Å². The van der Waals surface area contributed by atoms with Gasteiger partial charge in [0.25, 0.3) is 0 Å². The van der Waals surface area contributed by atoms with E-state index in [1.165, 1.54) is 12.8 Å². The van der Waals surface area contributed by atoms with Crippen LogP contribution >= 0.6 is 0 Å². The quantitative estimate of drug-likeness (QED) is 0.572. The molecule has 1 aliphatic carbocycles. The third-order valence-electron chi connectivity index (χ3n) is 2.03. The monoisotopic (exact) mass is 126 g/mol. The Morgan fingerprint density at radius 2 is 2.56 bits per heavy atom. The zero-order chi connectivity index (χ0) is 6.69. The molecule has 1 N–H and O–H groups in total. The minimum absolute atomic E-state index is 0.605. The van der Waals surface area contributed by atoms with Crippen LogP contribution in [0.25, 0.3) is 0 Å². The van der Waals surface area contributed by atoms with Crippen molar-refractivity contribution in [1.29, 1.82) is 0 Å². The van der Waals surface area contributed by atoms with E-state index in [0.29, 0.717) is 5.76 Å². The minimum Gasteiger partial charge on any atom is -0.513 e. The first-order valence-corrected chi connectivity index (χ1v) is 3.71. The summed E-state index contributed by atoms with van der Waals surface area (Å²) in [7, 11) is 0. The van der Waals surface area contributed by atoms with E-state index in [0.717, 1.165) is 18.8 Å². The van der Waals surface area contributed by atoms with E-state index in [9.17, 15) is 0 Å². The molecule has 0 saturated heterocycles. The van der Waals surface area contributed by atoms with Crippen LogP contribution in [0, 0.1) is 5.92 Å². The van der Waals surface area contributed by atoms with Gasteiger partial charge in [0, 0.05) is 6.42 Å². The molecule has 0 aromatic heterocycles. The predicted molar refractivity (Wildman–Crippen MR) is 38.3 cm³/mol. The molecule has 0 aliphatic heterocycles. The second-order valence-electron chi connectivity index (χ2n) is 2.75. The van der Waals surface area contributed by atoms with Crippen molar-refractivity contribution in [3.63, 3.8) is 0 Å². The van der Waals surface area contributed by atoms with Crippen molar-refractivity contribution >= 4 is 0 Å². The minimum atomic E-state index is 0.605. The van der Waals surface area contributed by atoms with E-state index < -0.39 is 0 Å². The van der Waals surface area contributed by atoms with E-state index in [2.05, 4.69) is 6.92 Å². The number of aliphatic hydroxyl groups is 1. The Bertz CT molecular complexity index is 116. The van der Waals surface area contributed by atoms with E-state index in [-0.39, 0.29) is 0 Å². The summed E-state index contributed by atoms with van der Waals surface area (Å²) in [5.41, 5.74) is 0. The normalized spacial score (nSPS) is 27.7. The molecule has 1 unspecified atom stereocenters. The highest BCUT2D eigenvalue weighted by Crippen LogP contribution is 2.24. The summed E-state index contributed by atoms with van der Waals surface area (Å²) >= 11 is 0. The zero-order valence-corrected chi connectivity index (χ0v) is 5.93. The largest absolute Gasteiger partial charge is 0.513 e. The highest BCUT2D eigenvalue weighted by molar-refractivity contribution is 4.96. The highest BCUT2D eigenvalue weighted by atomic mass is 16.3. The molecule has 1 rings (SSSR count). The van der Waals surface area contributed by atoms with Gasteiger partial charge in [-0.15, -0.1) is 0 Å². The predicted octanol–water partition coefficient (Wildman–Crippen LogP) is 2.64. The van der Waals surface area contributed by atoms with Gasteiger partial charge in [-0.25, -0.2) is 0 Å². The fourth-order valence-corrected chi connectivity index (χ4v) is 1.32. The van der Waals surface area contributed by atoms with Crippen molar-refractivity contribution < 1.29 is 5.11 Å². The van der Waals surface area contributed by atoms with Gasteiger partial charge in [-0.2, -0.15) is 0 Å². The van der Waals surface area contributed by atoms with Gasteiger partial charge >= 0.3 is 0 Å². The van der Waals surface area contributed by atoms with Crippen molar-refractivity contribution in [2.45, 2.75) is 32.6 Å². The second kappa shape index (κ2) is 2.90. The number of rotatable bonds is 1. The summed E-state index contributed by atoms with van der Waals surface area (Å²) in [5, 5.41) is 9.07. The molecule has 0 spiro atoms. The average molecular weight is 126 g/mol. The Hall–Kier alpha value is -0.460. The molecule has 9 heavy (non-hydrogen) atoms. The van der Waals surface area contributed by atoms with Crippen LogP contribution in [0.4, 0.5) is 0 Å². The molecular weight excluding hydrogens is 112 g/mol. The summed E-state index contributed by atoms with van der Waals surface area (Å²) in [6.07, 6.45) is 6.39. The summed E-state index contributed by atoms with van der Waals surface area (Å²) in [6, 6.07) is 0. The maximum Gasteiger partial charge on any atom is 0.0885 e. The fraction of sp³-hybridized carbons (Fsp3) is 0.750. The average Bonchev–Trinajstić information content (AvgIpc) is 1.88. The summed E-state index contributed by atoms with van der Waals surface area (Å²) in [6.45, 7) is 2.18. The maximum atomic E-state index is 9.07. The molecule has 0 aromatic carbocycles. The smallest absolute Gasteiger partial charge is 0.0885 e. The van der Waals surface area contributed by atoms with Crippen LogP contribution in [-0.2, 0) is 0 Å². The Morgan fingerprint density at radius 3 is 3.00 bits per heavy atom. The molecule has 1 heteroatoms. The molecule has 0 amide bonds. The fourth-order valence-electron chi connectivity index (χ4n) is 1.32. The lowest BCUT2D eigenvalue weighted by Gasteiger charge is -2.17. The lowest BCUT2D eigenvalue weighted by molar-refractivity contribution is 0.316. The van der Waals surface area contributed by atoms with Gasteiger partial charge in [-0.3, -0.25) is 0 Å². The van der Waals surface area contributed by atoms with Gasteiger partial charge in [0.05, 0.1) is 5.76 Å². The van der Waals surface area contributed by atoms with E-state index >= 15 is 0 Å². The number of hydrogen-bond donors (Lipinski definition) is 1. The lowest BCUT2D eigenvalue weighted by Crippen LogP contribution is -2.04. The lowest BCUT2D eigenvalue weighted by atomic mass is 9.91. The molecule has 1 nitrogen and oxygen atoms in total.